The second-order valence-electron chi connectivity index (χ2n) is 3.30. The van der Waals surface area contributed by atoms with E-state index in [9.17, 15) is 4.79 Å². The third-order valence-corrected chi connectivity index (χ3v) is 2.11. The molecule has 2 N–H and O–H groups in total. The average molecular weight is 230 g/mol. The Labute approximate surface area is 97.4 Å². The molecular weight excluding hydrogens is 220 g/mol. The van der Waals surface area contributed by atoms with E-state index in [0.29, 0.717) is 12.4 Å². The molecule has 2 rings (SSSR count). The summed E-state index contributed by atoms with van der Waals surface area (Å²) in [4.78, 5) is 22.2. The normalized spacial score (nSPS) is 9.88. The summed E-state index contributed by atoms with van der Waals surface area (Å²) >= 11 is 0. The van der Waals surface area contributed by atoms with Gasteiger partial charge in [0.15, 0.2) is 5.69 Å². The Balaban J connectivity index is 2.04. The molecule has 0 saturated heterocycles. The van der Waals surface area contributed by atoms with E-state index in [2.05, 4.69) is 20.3 Å². The van der Waals surface area contributed by atoms with E-state index in [0.717, 1.165) is 5.56 Å². The molecule has 6 heteroatoms. The molecule has 0 aliphatic carbocycles. The Kier molecular flexibility index (Phi) is 3.25. The lowest BCUT2D eigenvalue weighted by atomic mass is 10.3. The molecule has 0 unspecified atom stereocenters. The summed E-state index contributed by atoms with van der Waals surface area (Å²) in [6.07, 6.45) is 4.61. The van der Waals surface area contributed by atoms with Gasteiger partial charge in [-0.15, -0.1) is 0 Å². The summed E-state index contributed by atoms with van der Waals surface area (Å²) in [7, 11) is 0. The smallest absolute Gasteiger partial charge is 0.354 e. The zero-order valence-corrected chi connectivity index (χ0v) is 8.87. The Morgan fingerprint density at radius 2 is 2.06 bits per heavy atom. The van der Waals surface area contributed by atoms with Crippen molar-refractivity contribution in [2.45, 2.75) is 6.54 Å². The zero-order chi connectivity index (χ0) is 12.1. The third-order valence-electron chi connectivity index (χ3n) is 2.11. The van der Waals surface area contributed by atoms with Crippen LogP contribution in [0.15, 0.2) is 36.9 Å². The SMILES string of the molecule is O=C(O)c1cc(NCc2ccncc2)ncn1. The first-order chi connectivity index (χ1) is 8.25. The van der Waals surface area contributed by atoms with Gasteiger partial charge in [-0.05, 0) is 17.7 Å². The number of hydrogen-bond acceptors (Lipinski definition) is 5. The first-order valence-electron chi connectivity index (χ1n) is 4.94. The van der Waals surface area contributed by atoms with Crippen LogP contribution in [0.25, 0.3) is 0 Å². The summed E-state index contributed by atoms with van der Waals surface area (Å²) in [5, 5.41) is 11.8. The van der Waals surface area contributed by atoms with Crippen LogP contribution in [-0.4, -0.2) is 26.0 Å². The Bertz CT molecular complexity index is 516. The van der Waals surface area contributed by atoms with Gasteiger partial charge in [0.2, 0.25) is 0 Å². The molecule has 0 fully saturated rings. The number of anilines is 1. The van der Waals surface area contributed by atoms with E-state index in [4.69, 9.17) is 5.11 Å². The molecule has 0 atom stereocenters. The Hall–Kier alpha value is -2.50. The largest absolute Gasteiger partial charge is 0.477 e. The number of aromatic carboxylic acids is 1. The fraction of sp³-hybridized carbons (Fsp3) is 0.0909. The van der Waals surface area contributed by atoms with Crippen molar-refractivity contribution >= 4 is 11.8 Å². The monoisotopic (exact) mass is 230 g/mol. The van der Waals surface area contributed by atoms with Gasteiger partial charge in [0.05, 0.1) is 0 Å². The number of rotatable bonds is 4. The van der Waals surface area contributed by atoms with Gasteiger partial charge in [-0.3, -0.25) is 4.98 Å². The van der Waals surface area contributed by atoms with E-state index in [1.54, 1.807) is 12.4 Å². The van der Waals surface area contributed by atoms with Gasteiger partial charge in [-0.2, -0.15) is 0 Å². The van der Waals surface area contributed by atoms with E-state index >= 15 is 0 Å². The minimum Gasteiger partial charge on any atom is -0.477 e. The van der Waals surface area contributed by atoms with Crippen molar-refractivity contribution < 1.29 is 9.90 Å². The molecule has 2 aromatic rings. The van der Waals surface area contributed by atoms with Gasteiger partial charge < -0.3 is 10.4 Å². The lowest BCUT2D eigenvalue weighted by Gasteiger charge is -2.05. The van der Waals surface area contributed by atoms with Crippen molar-refractivity contribution in [1.82, 2.24) is 15.0 Å². The predicted molar refractivity (Wildman–Crippen MR) is 60.6 cm³/mol. The molecule has 2 heterocycles. The second-order valence-corrected chi connectivity index (χ2v) is 3.30. The van der Waals surface area contributed by atoms with Crippen LogP contribution in [0.1, 0.15) is 16.1 Å². The fourth-order valence-electron chi connectivity index (χ4n) is 1.26. The molecule has 2 aromatic heterocycles. The van der Waals surface area contributed by atoms with Gasteiger partial charge >= 0.3 is 5.97 Å². The summed E-state index contributed by atoms with van der Waals surface area (Å²) < 4.78 is 0. The maximum absolute atomic E-state index is 10.7. The van der Waals surface area contributed by atoms with Crippen LogP contribution in [0, 0.1) is 0 Å². The minimum atomic E-state index is -1.07. The van der Waals surface area contributed by atoms with Crippen LogP contribution >= 0.6 is 0 Å². The van der Waals surface area contributed by atoms with Crippen LogP contribution in [0.5, 0.6) is 0 Å². The van der Waals surface area contributed by atoms with Crippen molar-refractivity contribution in [3.8, 4) is 0 Å². The van der Waals surface area contributed by atoms with Crippen molar-refractivity contribution in [3.63, 3.8) is 0 Å². The average Bonchev–Trinajstić information content (AvgIpc) is 2.38. The topological polar surface area (TPSA) is 88.0 Å². The standard InChI is InChI=1S/C11H10N4O2/c16-11(17)9-5-10(15-7-14-9)13-6-8-1-3-12-4-2-8/h1-5,7H,6H2,(H,16,17)(H,13,14,15). The van der Waals surface area contributed by atoms with E-state index in [1.165, 1.54) is 12.4 Å². The first kappa shape index (κ1) is 11.0. The Morgan fingerprint density at radius 3 is 2.76 bits per heavy atom. The molecule has 0 bridgehead atoms. The molecule has 0 saturated carbocycles. The van der Waals surface area contributed by atoms with Crippen LogP contribution in [0.3, 0.4) is 0 Å². The number of aromatic nitrogens is 3. The number of hydrogen-bond donors (Lipinski definition) is 2. The van der Waals surface area contributed by atoms with Crippen LogP contribution in [0.4, 0.5) is 5.82 Å². The van der Waals surface area contributed by atoms with Gasteiger partial charge in [-0.25, -0.2) is 14.8 Å². The molecular formula is C11H10N4O2. The number of nitrogens with one attached hydrogen (secondary N) is 1. The van der Waals surface area contributed by atoms with Gasteiger partial charge in [0.1, 0.15) is 12.1 Å². The molecule has 17 heavy (non-hydrogen) atoms. The number of nitrogens with zero attached hydrogens (tertiary/aromatic N) is 3. The molecule has 0 aliphatic heterocycles. The molecule has 0 spiro atoms. The quantitative estimate of drug-likeness (QED) is 0.820. The molecule has 0 aliphatic rings. The van der Waals surface area contributed by atoms with Gasteiger partial charge in [-0.1, -0.05) is 0 Å². The molecule has 0 amide bonds. The Morgan fingerprint density at radius 1 is 1.29 bits per heavy atom. The second kappa shape index (κ2) is 5.02. The van der Waals surface area contributed by atoms with E-state index in [1.807, 2.05) is 12.1 Å². The van der Waals surface area contributed by atoms with E-state index in [-0.39, 0.29) is 5.69 Å². The lowest BCUT2D eigenvalue weighted by molar-refractivity contribution is 0.0690. The van der Waals surface area contributed by atoms with Crippen LogP contribution in [-0.2, 0) is 6.54 Å². The molecule has 0 radical (unpaired) electrons. The van der Waals surface area contributed by atoms with Gasteiger partial charge in [0, 0.05) is 25.0 Å². The highest BCUT2D eigenvalue weighted by atomic mass is 16.4. The number of carbonyl (C=O) groups is 1. The summed E-state index contributed by atoms with van der Waals surface area (Å²) in [5.74, 6) is -0.589. The van der Waals surface area contributed by atoms with E-state index < -0.39 is 5.97 Å². The summed E-state index contributed by atoms with van der Waals surface area (Å²) in [5.41, 5.74) is 1.01. The first-order valence-corrected chi connectivity index (χ1v) is 4.94. The summed E-state index contributed by atoms with van der Waals surface area (Å²) in [6, 6.07) is 5.13. The molecule has 0 aromatic carbocycles. The zero-order valence-electron chi connectivity index (χ0n) is 8.87. The van der Waals surface area contributed by atoms with Crippen LogP contribution in [0.2, 0.25) is 0 Å². The van der Waals surface area contributed by atoms with Gasteiger partial charge in [0.25, 0.3) is 0 Å². The maximum Gasteiger partial charge on any atom is 0.354 e. The highest BCUT2D eigenvalue weighted by molar-refractivity contribution is 5.85. The predicted octanol–water partition coefficient (Wildman–Crippen LogP) is 1.18. The lowest BCUT2D eigenvalue weighted by Crippen LogP contribution is -2.05. The minimum absolute atomic E-state index is 0.0303. The number of carboxylic acid groups (broad SMARTS) is 1. The summed E-state index contributed by atoms with van der Waals surface area (Å²) in [6.45, 7) is 0.554. The van der Waals surface area contributed by atoms with Crippen molar-refractivity contribution in [1.29, 1.82) is 0 Å². The van der Waals surface area contributed by atoms with Crippen molar-refractivity contribution in [2.24, 2.45) is 0 Å². The molecule has 6 nitrogen and oxygen atoms in total. The molecule has 86 valence electrons. The highest BCUT2D eigenvalue weighted by Gasteiger charge is 2.05. The van der Waals surface area contributed by atoms with Crippen LogP contribution < -0.4 is 5.32 Å². The van der Waals surface area contributed by atoms with Crippen molar-refractivity contribution in [2.75, 3.05) is 5.32 Å². The fourth-order valence-corrected chi connectivity index (χ4v) is 1.26. The highest BCUT2D eigenvalue weighted by Crippen LogP contribution is 2.06. The number of carboxylic acids is 1. The van der Waals surface area contributed by atoms with Crippen molar-refractivity contribution in [3.05, 3.63) is 48.2 Å². The number of pyridine rings is 1. The third kappa shape index (κ3) is 2.97. The maximum atomic E-state index is 10.7.